The van der Waals surface area contributed by atoms with E-state index >= 15 is 0 Å². The highest BCUT2D eigenvalue weighted by Crippen LogP contribution is 2.31. The van der Waals surface area contributed by atoms with Gasteiger partial charge >= 0.3 is 0 Å². The van der Waals surface area contributed by atoms with Gasteiger partial charge in [-0.05, 0) is 37.0 Å². The lowest BCUT2D eigenvalue weighted by Gasteiger charge is -2.21. The molecule has 20 heavy (non-hydrogen) atoms. The van der Waals surface area contributed by atoms with Crippen LogP contribution >= 0.6 is 11.6 Å². The van der Waals surface area contributed by atoms with Gasteiger partial charge in [0.1, 0.15) is 5.82 Å². The number of nitrogens with zero attached hydrogens (tertiary/aromatic N) is 1. The lowest BCUT2D eigenvalue weighted by molar-refractivity contribution is 0.405. The quantitative estimate of drug-likeness (QED) is 0.930. The van der Waals surface area contributed by atoms with Crippen molar-refractivity contribution in [3.05, 3.63) is 28.5 Å². The van der Waals surface area contributed by atoms with Crippen LogP contribution in [0.3, 0.4) is 0 Å². The van der Waals surface area contributed by atoms with Gasteiger partial charge in [-0.15, -0.1) is 0 Å². The van der Waals surface area contributed by atoms with Crippen molar-refractivity contribution in [2.45, 2.75) is 37.8 Å². The topological polar surface area (TPSA) is 63.4 Å². The number of nitrogens with two attached hydrogens (primary N) is 1. The van der Waals surface area contributed by atoms with E-state index in [1.54, 1.807) is 0 Å². The fraction of sp³-hybridized carbons (Fsp3) is 0.538. The molecule has 1 aromatic rings. The summed E-state index contributed by atoms with van der Waals surface area (Å²) in [5, 5.41) is -0.116. The van der Waals surface area contributed by atoms with Gasteiger partial charge in [-0.25, -0.2) is 12.8 Å². The summed E-state index contributed by atoms with van der Waals surface area (Å²) >= 11 is 5.76. The third-order valence-electron chi connectivity index (χ3n) is 3.63. The van der Waals surface area contributed by atoms with E-state index in [0.29, 0.717) is 18.0 Å². The Balaban J connectivity index is 2.47. The van der Waals surface area contributed by atoms with Crippen LogP contribution in [0.25, 0.3) is 0 Å². The highest BCUT2D eigenvalue weighted by molar-refractivity contribution is 7.89. The minimum absolute atomic E-state index is 0.00886. The molecule has 1 aromatic carbocycles. The van der Waals surface area contributed by atoms with Crippen LogP contribution in [0.5, 0.6) is 0 Å². The average Bonchev–Trinajstić information content (AvgIpc) is 2.72. The van der Waals surface area contributed by atoms with E-state index in [1.165, 1.54) is 10.4 Å². The number of sulfonamides is 1. The van der Waals surface area contributed by atoms with Crippen molar-refractivity contribution >= 4 is 21.6 Å². The molecule has 0 aromatic heterocycles. The van der Waals surface area contributed by atoms with Crippen LogP contribution in [0.15, 0.2) is 17.0 Å². The van der Waals surface area contributed by atoms with E-state index in [1.807, 2.05) is 13.8 Å². The second-order valence-electron chi connectivity index (χ2n) is 5.35. The van der Waals surface area contributed by atoms with Crippen LogP contribution in [-0.2, 0) is 16.6 Å². The lowest BCUT2D eigenvalue weighted by Crippen LogP contribution is -2.34. The highest BCUT2D eigenvalue weighted by Gasteiger charge is 2.36. The van der Waals surface area contributed by atoms with E-state index in [0.717, 1.165) is 12.5 Å². The van der Waals surface area contributed by atoms with Gasteiger partial charge in [0.25, 0.3) is 0 Å². The normalized spacial score (nSPS) is 24.2. The molecular weight excluding hydrogens is 303 g/mol. The van der Waals surface area contributed by atoms with Gasteiger partial charge in [0.05, 0.1) is 9.92 Å². The Labute approximate surface area is 123 Å². The molecule has 0 amide bonds. The third-order valence-corrected chi connectivity index (χ3v) is 6.01. The van der Waals surface area contributed by atoms with Gasteiger partial charge in [-0.3, -0.25) is 0 Å². The molecule has 4 nitrogen and oxygen atoms in total. The molecular formula is C13H18ClFN2O2S. The summed E-state index contributed by atoms with van der Waals surface area (Å²) in [6, 6.07) is 2.23. The first-order valence-corrected chi connectivity index (χ1v) is 8.29. The zero-order valence-corrected chi connectivity index (χ0v) is 13.0. The van der Waals surface area contributed by atoms with Crippen molar-refractivity contribution in [3.8, 4) is 0 Å². The smallest absolute Gasteiger partial charge is 0.243 e. The largest absolute Gasteiger partial charge is 0.326 e. The molecule has 1 fully saturated rings. The zero-order valence-electron chi connectivity index (χ0n) is 11.4. The SMILES string of the molecule is CC1CC(C)N(S(=O)(=O)c2cc(F)c(Cl)c(CN)c2)C1. The predicted molar refractivity (Wildman–Crippen MR) is 76.4 cm³/mol. The Morgan fingerprint density at radius 1 is 1.45 bits per heavy atom. The van der Waals surface area contributed by atoms with Gasteiger partial charge in [-0.2, -0.15) is 4.31 Å². The second-order valence-corrected chi connectivity index (χ2v) is 7.62. The molecule has 2 atom stereocenters. The summed E-state index contributed by atoms with van der Waals surface area (Å²) in [6.45, 7) is 4.30. The van der Waals surface area contributed by atoms with E-state index in [-0.39, 0.29) is 22.5 Å². The molecule has 1 saturated heterocycles. The molecule has 7 heteroatoms. The highest BCUT2D eigenvalue weighted by atomic mass is 35.5. The van der Waals surface area contributed by atoms with Crippen LogP contribution in [0.2, 0.25) is 5.02 Å². The predicted octanol–water partition coefficient (Wildman–Crippen LogP) is 2.36. The van der Waals surface area contributed by atoms with Crippen molar-refractivity contribution in [1.29, 1.82) is 0 Å². The third kappa shape index (κ3) is 2.70. The first-order chi connectivity index (χ1) is 9.27. The van der Waals surface area contributed by atoms with Gasteiger partial charge in [0.15, 0.2) is 0 Å². The molecule has 1 aliphatic rings. The number of rotatable bonds is 3. The van der Waals surface area contributed by atoms with E-state index < -0.39 is 15.8 Å². The fourth-order valence-corrected chi connectivity index (χ4v) is 4.66. The van der Waals surface area contributed by atoms with E-state index in [4.69, 9.17) is 17.3 Å². The van der Waals surface area contributed by atoms with Gasteiger partial charge < -0.3 is 5.73 Å². The molecule has 0 bridgehead atoms. The zero-order chi connectivity index (χ0) is 15.1. The van der Waals surface area contributed by atoms with Crippen molar-refractivity contribution < 1.29 is 12.8 Å². The maximum absolute atomic E-state index is 13.7. The average molecular weight is 321 g/mol. The van der Waals surface area contributed by atoms with Crippen LogP contribution in [0.1, 0.15) is 25.8 Å². The van der Waals surface area contributed by atoms with Gasteiger partial charge in [0.2, 0.25) is 10.0 Å². The fourth-order valence-electron chi connectivity index (χ4n) is 2.65. The Hall–Kier alpha value is -0.690. The summed E-state index contributed by atoms with van der Waals surface area (Å²) in [6.07, 6.45) is 0.805. The van der Waals surface area contributed by atoms with Crippen molar-refractivity contribution in [2.75, 3.05) is 6.54 Å². The molecule has 1 heterocycles. The maximum atomic E-state index is 13.7. The van der Waals surface area contributed by atoms with Gasteiger partial charge in [0, 0.05) is 19.1 Å². The number of halogens is 2. The molecule has 0 saturated carbocycles. The Bertz CT molecular complexity index is 621. The lowest BCUT2D eigenvalue weighted by atomic mass is 10.1. The summed E-state index contributed by atoms with van der Waals surface area (Å²) in [5.41, 5.74) is 5.77. The minimum Gasteiger partial charge on any atom is -0.326 e. The van der Waals surface area contributed by atoms with Crippen LogP contribution in [0.4, 0.5) is 4.39 Å². The number of benzene rings is 1. The molecule has 0 radical (unpaired) electrons. The molecule has 0 spiro atoms. The first kappa shape index (κ1) is 15.7. The molecule has 112 valence electrons. The molecule has 1 aliphatic heterocycles. The Kier molecular flexibility index (Phi) is 4.39. The Morgan fingerprint density at radius 3 is 2.60 bits per heavy atom. The molecule has 2 N–H and O–H groups in total. The van der Waals surface area contributed by atoms with Crippen LogP contribution in [0, 0.1) is 11.7 Å². The Morgan fingerprint density at radius 2 is 2.10 bits per heavy atom. The summed E-state index contributed by atoms with van der Waals surface area (Å²) < 4.78 is 40.4. The molecule has 2 rings (SSSR count). The standard InChI is InChI=1S/C13H18ClFN2O2S/c1-8-3-9(2)17(7-8)20(18,19)11-4-10(6-16)13(14)12(15)5-11/h4-5,8-9H,3,6-7,16H2,1-2H3. The summed E-state index contributed by atoms with van der Waals surface area (Å²) in [7, 11) is -3.71. The van der Waals surface area contributed by atoms with Crippen LogP contribution in [-0.4, -0.2) is 25.3 Å². The number of hydrogen-bond acceptors (Lipinski definition) is 3. The number of hydrogen-bond donors (Lipinski definition) is 1. The molecule has 2 unspecified atom stereocenters. The van der Waals surface area contributed by atoms with Crippen molar-refractivity contribution in [1.82, 2.24) is 4.31 Å². The second kappa shape index (κ2) is 5.60. The maximum Gasteiger partial charge on any atom is 0.243 e. The van der Waals surface area contributed by atoms with Crippen molar-refractivity contribution in [3.63, 3.8) is 0 Å². The minimum atomic E-state index is -3.71. The summed E-state index contributed by atoms with van der Waals surface area (Å²) in [5.74, 6) is -0.459. The molecule has 0 aliphatic carbocycles. The van der Waals surface area contributed by atoms with Crippen LogP contribution < -0.4 is 5.73 Å². The monoisotopic (exact) mass is 320 g/mol. The summed E-state index contributed by atoms with van der Waals surface area (Å²) in [4.78, 5) is -0.0826. The van der Waals surface area contributed by atoms with E-state index in [9.17, 15) is 12.8 Å². The van der Waals surface area contributed by atoms with Gasteiger partial charge in [-0.1, -0.05) is 18.5 Å². The first-order valence-electron chi connectivity index (χ1n) is 6.47. The van der Waals surface area contributed by atoms with Crippen molar-refractivity contribution in [2.24, 2.45) is 11.7 Å². The van der Waals surface area contributed by atoms with E-state index in [2.05, 4.69) is 0 Å².